The van der Waals surface area contributed by atoms with E-state index < -0.39 is 41.5 Å². The molecule has 0 radical (unpaired) electrons. The Bertz CT molecular complexity index is 1540. The van der Waals surface area contributed by atoms with Gasteiger partial charge in [0.05, 0.1) is 21.3 Å². The van der Waals surface area contributed by atoms with Crippen LogP contribution in [0.4, 0.5) is 9.59 Å². The van der Waals surface area contributed by atoms with Gasteiger partial charge in [0.25, 0.3) is 0 Å². The number of esters is 1. The number of benzene rings is 2. The molecule has 3 aliphatic heterocycles. The molecule has 0 bridgehead atoms. The molecular weight excluding hydrogens is 600 g/mol. The van der Waals surface area contributed by atoms with E-state index in [0.29, 0.717) is 47.0 Å². The lowest BCUT2D eigenvalue weighted by Gasteiger charge is -2.41. The van der Waals surface area contributed by atoms with Crippen LogP contribution in [0.2, 0.25) is 0 Å². The summed E-state index contributed by atoms with van der Waals surface area (Å²) in [5.41, 5.74) is 1.50. The highest BCUT2D eigenvalue weighted by Crippen LogP contribution is 2.57. The number of ether oxygens (including phenoxy) is 8. The van der Waals surface area contributed by atoms with Gasteiger partial charge in [-0.15, -0.1) is 0 Å². The highest BCUT2D eigenvalue weighted by molar-refractivity contribution is 5.98. The monoisotopic (exact) mass is 642 g/mol. The minimum absolute atomic E-state index is 0.0419. The molecule has 13 heteroatoms. The number of hydrogen-bond donors (Lipinski definition) is 1. The summed E-state index contributed by atoms with van der Waals surface area (Å²) in [6.45, 7) is 11.2. The van der Waals surface area contributed by atoms with E-state index in [1.54, 1.807) is 58.6 Å². The van der Waals surface area contributed by atoms with Crippen molar-refractivity contribution >= 4 is 18.2 Å². The normalized spacial score (nSPS) is 18.3. The maximum absolute atomic E-state index is 13.8. The molecule has 2 aromatic carbocycles. The first-order valence-corrected chi connectivity index (χ1v) is 15.1. The molecule has 0 unspecified atom stereocenters. The summed E-state index contributed by atoms with van der Waals surface area (Å²) in [4.78, 5) is 41.3. The van der Waals surface area contributed by atoms with Gasteiger partial charge < -0.3 is 43.2 Å². The first kappa shape index (κ1) is 32.8. The maximum Gasteiger partial charge on any atom is 0.410 e. The Labute approximate surface area is 268 Å². The van der Waals surface area contributed by atoms with Crippen LogP contribution in [0.3, 0.4) is 0 Å². The van der Waals surface area contributed by atoms with Crippen molar-refractivity contribution < 1.29 is 52.3 Å². The smallest absolute Gasteiger partial charge is 0.410 e. The van der Waals surface area contributed by atoms with Gasteiger partial charge in [-0.05, 0) is 66.0 Å². The number of nitrogens with zero attached hydrogens (tertiary/aromatic N) is 1. The molecule has 0 aliphatic carbocycles. The van der Waals surface area contributed by atoms with Crippen molar-refractivity contribution in [2.45, 2.75) is 77.7 Å². The van der Waals surface area contributed by atoms with Gasteiger partial charge in [-0.3, -0.25) is 4.90 Å². The predicted molar refractivity (Wildman–Crippen MR) is 164 cm³/mol. The third kappa shape index (κ3) is 6.14. The van der Waals surface area contributed by atoms with Gasteiger partial charge in [0.2, 0.25) is 12.5 Å². The third-order valence-electron chi connectivity index (χ3n) is 7.75. The average molecular weight is 643 g/mol. The van der Waals surface area contributed by atoms with Crippen LogP contribution in [-0.4, -0.2) is 75.5 Å². The number of amides is 2. The first-order chi connectivity index (χ1) is 21.7. The largest absolute Gasteiger partial charge is 0.493 e. The van der Waals surface area contributed by atoms with E-state index in [9.17, 15) is 14.4 Å². The molecule has 0 aromatic heterocycles. The molecule has 46 heavy (non-hydrogen) atoms. The number of alkyl carbamates (subject to hydrolysis) is 1. The van der Waals surface area contributed by atoms with E-state index in [-0.39, 0.29) is 31.2 Å². The van der Waals surface area contributed by atoms with Crippen molar-refractivity contribution in [3.8, 4) is 28.7 Å². The second-order valence-corrected chi connectivity index (χ2v) is 13.1. The lowest BCUT2D eigenvalue weighted by molar-refractivity contribution is -0.0195. The topological polar surface area (TPSA) is 140 Å². The van der Waals surface area contributed by atoms with E-state index in [1.165, 1.54) is 21.3 Å². The van der Waals surface area contributed by atoms with E-state index >= 15 is 0 Å². The van der Waals surface area contributed by atoms with Crippen molar-refractivity contribution in [1.82, 2.24) is 10.2 Å². The number of cyclic esters (lactones) is 1. The Hall–Kier alpha value is -4.55. The second kappa shape index (κ2) is 12.3. The molecule has 3 aliphatic rings. The summed E-state index contributed by atoms with van der Waals surface area (Å²) in [5, 5.41) is 2.81. The number of rotatable bonds is 7. The molecular formula is C33H42N2O11. The fourth-order valence-corrected chi connectivity index (χ4v) is 6.13. The molecule has 0 saturated carbocycles. The molecule has 0 spiro atoms. The molecule has 2 amide bonds. The van der Waals surface area contributed by atoms with Crippen LogP contribution in [0.5, 0.6) is 28.7 Å². The van der Waals surface area contributed by atoms with Crippen molar-refractivity contribution in [3.05, 3.63) is 39.9 Å². The van der Waals surface area contributed by atoms with Gasteiger partial charge in [-0.2, -0.15) is 0 Å². The van der Waals surface area contributed by atoms with Crippen LogP contribution in [-0.2, 0) is 27.1 Å². The van der Waals surface area contributed by atoms with Gasteiger partial charge >= 0.3 is 18.2 Å². The lowest BCUT2D eigenvalue weighted by Crippen LogP contribution is -2.45. The number of methoxy groups -OCH3 is 3. The van der Waals surface area contributed by atoms with Crippen molar-refractivity contribution in [1.29, 1.82) is 0 Å². The molecule has 0 fully saturated rings. The van der Waals surface area contributed by atoms with Crippen LogP contribution in [0, 0.1) is 0 Å². The van der Waals surface area contributed by atoms with Crippen LogP contribution < -0.4 is 29.0 Å². The zero-order chi connectivity index (χ0) is 33.6. The summed E-state index contributed by atoms with van der Waals surface area (Å²) in [5.74, 6) is 1.21. The fraction of sp³-hybridized carbons (Fsp3) is 0.545. The molecule has 13 nitrogen and oxygen atoms in total. The third-order valence-corrected chi connectivity index (χ3v) is 7.75. The maximum atomic E-state index is 13.8. The zero-order valence-electron chi connectivity index (χ0n) is 27.8. The quantitative estimate of drug-likeness (QED) is 0.313. The molecule has 5 rings (SSSR count). The predicted octanol–water partition coefficient (Wildman–Crippen LogP) is 5.25. The summed E-state index contributed by atoms with van der Waals surface area (Å²) >= 11 is 0. The Morgan fingerprint density at radius 2 is 1.61 bits per heavy atom. The first-order valence-electron chi connectivity index (χ1n) is 15.1. The number of carbonyl (C=O) groups is 3. The number of fused-ring (bicyclic) bond motifs is 3. The van der Waals surface area contributed by atoms with Crippen molar-refractivity contribution in [2.24, 2.45) is 0 Å². The standard InChI is InChI=1S/C33H42N2O11/c1-32(2,3)45-30(37)34-14-12-18-17-13-15-35(31(38)46-33(4,5)6)23(21(17)27(41-9)28-25(18)42-16-43-28)24-19-10-11-20(39-7)26(40-8)22(19)29(36)44-24/h10-11,23-24H,12-16H2,1-9H3,(H,34,37)/t23-,24+/m1/s1. The minimum atomic E-state index is -0.962. The summed E-state index contributed by atoms with van der Waals surface area (Å²) in [7, 11) is 4.44. The van der Waals surface area contributed by atoms with Crippen LogP contribution in [0.25, 0.3) is 0 Å². The minimum Gasteiger partial charge on any atom is -0.493 e. The highest BCUT2D eigenvalue weighted by Gasteiger charge is 2.50. The summed E-state index contributed by atoms with van der Waals surface area (Å²) in [6, 6.07) is 2.54. The van der Waals surface area contributed by atoms with Gasteiger partial charge in [0.1, 0.15) is 22.8 Å². The van der Waals surface area contributed by atoms with Crippen molar-refractivity contribution in [3.63, 3.8) is 0 Å². The summed E-state index contributed by atoms with van der Waals surface area (Å²) in [6.07, 6.45) is -1.32. The Kier molecular flexibility index (Phi) is 8.80. The van der Waals surface area contributed by atoms with Crippen LogP contribution in [0.1, 0.15) is 86.3 Å². The summed E-state index contributed by atoms with van der Waals surface area (Å²) < 4.78 is 46.2. The Morgan fingerprint density at radius 3 is 2.24 bits per heavy atom. The number of nitrogens with one attached hydrogen (secondary N) is 1. The molecule has 0 saturated heterocycles. The number of carbonyl (C=O) groups excluding carboxylic acids is 3. The SMILES string of the molecule is COc1ccc2c(c1OC)C(=O)O[C@@H]2[C@H]1c2c(c(CCNC(=O)OC(C)(C)C)c3c(c2OC)OCO3)CCN1C(=O)OC(C)(C)C. The second-order valence-electron chi connectivity index (χ2n) is 13.1. The van der Waals surface area contributed by atoms with Gasteiger partial charge in [0, 0.05) is 29.8 Å². The van der Waals surface area contributed by atoms with Gasteiger partial charge in [0.15, 0.2) is 29.1 Å². The van der Waals surface area contributed by atoms with Crippen molar-refractivity contribution in [2.75, 3.05) is 41.2 Å². The molecule has 1 N–H and O–H groups in total. The molecule has 250 valence electrons. The average Bonchev–Trinajstić information content (AvgIpc) is 3.58. The van der Waals surface area contributed by atoms with Crippen LogP contribution in [0.15, 0.2) is 12.1 Å². The fourth-order valence-electron chi connectivity index (χ4n) is 6.13. The van der Waals surface area contributed by atoms with Gasteiger partial charge in [-0.25, -0.2) is 14.4 Å². The van der Waals surface area contributed by atoms with E-state index in [1.807, 2.05) is 0 Å². The van der Waals surface area contributed by atoms with Gasteiger partial charge in [-0.1, -0.05) is 6.07 Å². The van der Waals surface area contributed by atoms with E-state index in [0.717, 1.165) is 11.1 Å². The Morgan fingerprint density at radius 1 is 0.935 bits per heavy atom. The van der Waals surface area contributed by atoms with Crippen LogP contribution >= 0.6 is 0 Å². The zero-order valence-corrected chi connectivity index (χ0v) is 27.8. The highest BCUT2D eigenvalue weighted by atomic mass is 16.7. The lowest BCUT2D eigenvalue weighted by atomic mass is 9.82. The molecule has 2 aromatic rings. The van der Waals surface area contributed by atoms with E-state index in [2.05, 4.69) is 5.32 Å². The molecule has 3 heterocycles. The molecule has 2 atom stereocenters. The number of hydrogen-bond acceptors (Lipinski definition) is 11. The van der Waals surface area contributed by atoms with E-state index in [4.69, 9.17) is 37.9 Å². The Balaban J connectivity index is 1.66.